The lowest BCUT2D eigenvalue weighted by molar-refractivity contribution is 0.123. The lowest BCUT2D eigenvalue weighted by atomic mass is 9.87. The number of hydrogen-bond acceptors (Lipinski definition) is 3. The molecule has 1 unspecified atom stereocenters. The van der Waals surface area contributed by atoms with Gasteiger partial charge in [0.25, 0.3) is 0 Å². The maximum absolute atomic E-state index is 9.57. The van der Waals surface area contributed by atoms with E-state index in [9.17, 15) is 5.11 Å². The maximum atomic E-state index is 9.57. The molecule has 1 saturated carbocycles. The Bertz CT molecular complexity index is 315. The van der Waals surface area contributed by atoms with Crippen LogP contribution in [0.1, 0.15) is 50.8 Å². The highest BCUT2D eigenvalue weighted by molar-refractivity contribution is 5.04. The van der Waals surface area contributed by atoms with E-state index in [0.29, 0.717) is 6.61 Å². The van der Waals surface area contributed by atoms with Crippen LogP contribution in [0.15, 0.2) is 22.8 Å². The van der Waals surface area contributed by atoms with Gasteiger partial charge in [-0.1, -0.05) is 19.8 Å². The predicted octanol–water partition coefficient (Wildman–Crippen LogP) is 2.87. The van der Waals surface area contributed by atoms with Gasteiger partial charge in [0.1, 0.15) is 5.76 Å². The van der Waals surface area contributed by atoms with Crippen LogP contribution in [0.2, 0.25) is 0 Å². The van der Waals surface area contributed by atoms with E-state index in [2.05, 4.69) is 12.2 Å². The van der Waals surface area contributed by atoms with Gasteiger partial charge in [-0.25, -0.2) is 0 Å². The molecule has 1 fully saturated rings. The monoisotopic (exact) mass is 237 g/mol. The SMILES string of the molecule is CCC(NCC1(CO)CCCC1)c1ccco1. The molecule has 3 nitrogen and oxygen atoms in total. The van der Waals surface area contributed by atoms with Crippen molar-refractivity contribution in [3.63, 3.8) is 0 Å². The smallest absolute Gasteiger partial charge is 0.120 e. The van der Waals surface area contributed by atoms with Gasteiger partial charge in [0.2, 0.25) is 0 Å². The first-order valence-corrected chi connectivity index (χ1v) is 6.67. The molecule has 0 aliphatic heterocycles. The quantitative estimate of drug-likeness (QED) is 0.799. The third-order valence-electron chi connectivity index (χ3n) is 4.02. The minimum Gasteiger partial charge on any atom is -0.468 e. The summed E-state index contributed by atoms with van der Waals surface area (Å²) in [6.07, 6.45) is 7.52. The van der Waals surface area contributed by atoms with Crippen LogP contribution in [0.25, 0.3) is 0 Å². The van der Waals surface area contributed by atoms with Crippen molar-refractivity contribution in [1.29, 1.82) is 0 Å². The molecule has 0 bridgehead atoms. The third-order valence-corrected chi connectivity index (χ3v) is 4.02. The summed E-state index contributed by atoms with van der Waals surface area (Å²) in [4.78, 5) is 0. The average molecular weight is 237 g/mol. The van der Waals surface area contributed by atoms with Crippen molar-refractivity contribution in [2.24, 2.45) is 5.41 Å². The Kier molecular flexibility index (Phi) is 4.24. The van der Waals surface area contributed by atoms with Gasteiger partial charge in [0.05, 0.1) is 12.3 Å². The molecule has 1 aromatic rings. The molecule has 1 heterocycles. The van der Waals surface area contributed by atoms with E-state index in [1.807, 2.05) is 12.1 Å². The van der Waals surface area contributed by atoms with E-state index in [0.717, 1.165) is 31.6 Å². The van der Waals surface area contributed by atoms with Crippen molar-refractivity contribution >= 4 is 0 Å². The summed E-state index contributed by atoms with van der Waals surface area (Å²) in [6.45, 7) is 3.34. The van der Waals surface area contributed by atoms with Crippen molar-refractivity contribution in [3.05, 3.63) is 24.2 Å². The minimum absolute atomic E-state index is 0.111. The highest BCUT2D eigenvalue weighted by atomic mass is 16.3. The molecule has 3 heteroatoms. The van der Waals surface area contributed by atoms with Crippen molar-refractivity contribution in [2.75, 3.05) is 13.2 Å². The number of furan rings is 1. The van der Waals surface area contributed by atoms with Crippen LogP contribution in [0.3, 0.4) is 0 Å². The zero-order valence-electron chi connectivity index (χ0n) is 10.6. The fourth-order valence-corrected chi connectivity index (χ4v) is 2.79. The van der Waals surface area contributed by atoms with Crippen LogP contribution >= 0.6 is 0 Å². The molecular weight excluding hydrogens is 214 g/mol. The second-order valence-electron chi connectivity index (χ2n) is 5.22. The number of hydrogen-bond donors (Lipinski definition) is 2. The fraction of sp³-hybridized carbons (Fsp3) is 0.714. The molecule has 1 atom stereocenters. The van der Waals surface area contributed by atoms with Crippen LogP contribution < -0.4 is 5.32 Å². The minimum atomic E-state index is 0.111. The number of nitrogens with one attached hydrogen (secondary N) is 1. The van der Waals surface area contributed by atoms with Crippen LogP contribution in [0, 0.1) is 5.41 Å². The summed E-state index contributed by atoms with van der Waals surface area (Å²) >= 11 is 0. The number of aliphatic hydroxyl groups is 1. The summed E-state index contributed by atoms with van der Waals surface area (Å²) in [5.41, 5.74) is 0.111. The van der Waals surface area contributed by atoms with Crippen molar-refractivity contribution in [1.82, 2.24) is 5.32 Å². The molecular formula is C14H23NO2. The Morgan fingerprint density at radius 2 is 2.24 bits per heavy atom. The van der Waals surface area contributed by atoms with Crippen molar-refractivity contribution < 1.29 is 9.52 Å². The van der Waals surface area contributed by atoms with Crippen molar-refractivity contribution in [3.8, 4) is 0 Å². The summed E-state index contributed by atoms with van der Waals surface area (Å²) in [6, 6.07) is 4.22. The Morgan fingerprint density at radius 1 is 1.47 bits per heavy atom. The molecule has 17 heavy (non-hydrogen) atoms. The van der Waals surface area contributed by atoms with E-state index in [1.54, 1.807) is 6.26 Å². The van der Waals surface area contributed by atoms with Gasteiger partial charge in [-0.05, 0) is 31.4 Å². The second kappa shape index (κ2) is 5.69. The second-order valence-corrected chi connectivity index (χ2v) is 5.22. The standard InChI is InChI=1S/C14H23NO2/c1-2-12(13-6-5-9-17-13)15-10-14(11-16)7-3-4-8-14/h5-6,9,12,15-16H,2-4,7-8,10-11H2,1H3. The molecule has 1 aromatic heterocycles. The third kappa shape index (κ3) is 2.90. The summed E-state index contributed by atoms with van der Waals surface area (Å²) < 4.78 is 5.44. The first-order chi connectivity index (χ1) is 8.29. The molecule has 96 valence electrons. The summed E-state index contributed by atoms with van der Waals surface area (Å²) in [5, 5.41) is 13.1. The lowest BCUT2D eigenvalue weighted by Crippen LogP contribution is -2.36. The van der Waals surface area contributed by atoms with Gasteiger partial charge >= 0.3 is 0 Å². The van der Waals surface area contributed by atoms with Crippen LogP contribution in [-0.4, -0.2) is 18.3 Å². The lowest BCUT2D eigenvalue weighted by Gasteiger charge is -2.29. The van der Waals surface area contributed by atoms with Gasteiger partial charge < -0.3 is 14.8 Å². The summed E-state index contributed by atoms with van der Waals surface area (Å²) in [5.74, 6) is 0.999. The Labute approximate surface area is 103 Å². The topological polar surface area (TPSA) is 45.4 Å². The van der Waals surface area contributed by atoms with E-state index in [4.69, 9.17) is 4.42 Å². The van der Waals surface area contributed by atoms with Crippen LogP contribution in [0.4, 0.5) is 0 Å². The van der Waals surface area contributed by atoms with E-state index in [1.165, 1.54) is 12.8 Å². The molecule has 0 saturated heterocycles. The van der Waals surface area contributed by atoms with Crippen LogP contribution in [0.5, 0.6) is 0 Å². The van der Waals surface area contributed by atoms with Crippen molar-refractivity contribution in [2.45, 2.75) is 45.1 Å². The molecule has 0 amide bonds. The van der Waals surface area contributed by atoms with E-state index < -0.39 is 0 Å². The Balaban J connectivity index is 1.91. The zero-order chi connectivity index (χ0) is 12.1. The molecule has 0 radical (unpaired) electrons. The summed E-state index contributed by atoms with van der Waals surface area (Å²) in [7, 11) is 0. The normalized spacial score (nSPS) is 20.6. The largest absolute Gasteiger partial charge is 0.468 e. The average Bonchev–Trinajstić information content (AvgIpc) is 3.01. The number of aliphatic hydroxyl groups excluding tert-OH is 1. The molecule has 1 aliphatic carbocycles. The first kappa shape index (κ1) is 12.7. The fourth-order valence-electron chi connectivity index (χ4n) is 2.79. The first-order valence-electron chi connectivity index (χ1n) is 6.67. The molecule has 1 aliphatic rings. The van der Waals surface area contributed by atoms with Gasteiger partial charge in [0, 0.05) is 18.6 Å². The van der Waals surface area contributed by atoms with E-state index >= 15 is 0 Å². The van der Waals surface area contributed by atoms with Gasteiger partial charge in [-0.2, -0.15) is 0 Å². The zero-order valence-corrected chi connectivity index (χ0v) is 10.6. The number of rotatable bonds is 6. The molecule has 0 spiro atoms. The highest BCUT2D eigenvalue weighted by Gasteiger charge is 2.33. The highest BCUT2D eigenvalue weighted by Crippen LogP contribution is 2.37. The molecule has 0 aromatic carbocycles. The van der Waals surface area contributed by atoms with Crippen LogP contribution in [-0.2, 0) is 0 Å². The van der Waals surface area contributed by atoms with Gasteiger partial charge in [0.15, 0.2) is 0 Å². The van der Waals surface area contributed by atoms with Gasteiger partial charge in [-0.15, -0.1) is 0 Å². The Hall–Kier alpha value is -0.800. The maximum Gasteiger partial charge on any atom is 0.120 e. The molecule has 2 N–H and O–H groups in total. The van der Waals surface area contributed by atoms with Gasteiger partial charge in [-0.3, -0.25) is 0 Å². The van der Waals surface area contributed by atoms with E-state index in [-0.39, 0.29) is 11.5 Å². The molecule has 2 rings (SSSR count). The Morgan fingerprint density at radius 3 is 2.76 bits per heavy atom. The predicted molar refractivity (Wildman–Crippen MR) is 67.7 cm³/mol.